The first-order chi connectivity index (χ1) is 8.20. The van der Waals surface area contributed by atoms with Crippen molar-refractivity contribution in [1.29, 1.82) is 0 Å². The van der Waals surface area contributed by atoms with Crippen LogP contribution in [0, 0.1) is 11.8 Å². The van der Waals surface area contributed by atoms with E-state index in [1.807, 2.05) is 34.6 Å². The van der Waals surface area contributed by atoms with Gasteiger partial charge in [0.2, 0.25) is 0 Å². The van der Waals surface area contributed by atoms with Crippen molar-refractivity contribution in [2.45, 2.75) is 58.5 Å². The Morgan fingerprint density at radius 3 is 2.67 bits per heavy atom. The van der Waals surface area contributed by atoms with Gasteiger partial charge in [0, 0.05) is 6.42 Å². The Morgan fingerprint density at radius 2 is 2.17 bits per heavy atom. The monoisotopic (exact) mass is 252 g/mol. The smallest absolute Gasteiger partial charge is 0.163 e. The lowest BCUT2D eigenvalue weighted by Crippen LogP contribution is -2.30. The Hall–Kier alpha value is -0.820. The maximum atomic E-state index is 5.78. The molecule has 1 heterocycles. The highest BCUT2D eigenvalue weighted by molar-refractivity contribution is 5.15. The van der Waals surface area contributed by atoms with Gasteiger partial charge in [0.25, 0.3) is 0 Å². The fraction of sp³-hybridized carbons (Fsp3) is 0.733. The van der Waals surface area contributed by atoms with Crippen molar-refractivity contribution in [1.82, 2.24) is 0 Å². The third-order valence-electron chi connectivity index (χ3n) is 2.48. The molecule has 0 aromatic rings. The second-order valence-electron chi connectivity index (χ2n) is 5.71. The Labute approximate surface area is 110 Å². The van der Waals surface area contributed by atoms with Crippen LogP contribution in [0.1, 0.15) is 41.0 Å². The molecule has 0 saturated carbocycles. The molecule has 1 aliphatic heterocycles. The zero-order chi connectivity index (χ0) is 13.8. The molecule has 1 saturated heterocycles. The van der Waals surface area contributed by atoms with Crippen LogP contribution in [-0.2, 0) is 14.2 Å². The van der Waals surface area contributed by atoms with Gasteiger partial charge in [0.05, 0.1) is 13.2 Å². The number of hydrogen-bond acceptors (Lipinski definition) is 3. The highest BCUT2D eigenvalue weighted by Crippen LogP contribution is 2.23. The zero-order valence-electron chi connectivity index (χ0n) is 12.1. The Kier molecular flexibility index (Phi) is 4.98. The summed E-state index contributed by atoms with van der Waals surface area (Å²) in [4.78, 5) is 0. The van der Waals surface area contributed by atoms with Crippen LogP contribution in [0.5, 0.6) is 0 Å². The summed E-state index contributed by atoms with van der Waals surface area (Å²) in [7, 11) is 0. The van der Waals surface area contributed by atoms with Crippen LogP contribution in [0.15, 0.2) is 12.2 Å². The summed E-state index contributed by atoms with van der Waals surface area (Å²) in [5.74, 6) is 5.68. The lowest BCUT2D eigenvalue weighted by molar-refractivity contribution is -0.149. The maximum Gasteiger partial charge on any atom is 0.163 e. The average Bonchev–Trinajstić information content (AvgIpc) is 2.55. The molecule has 1 atom stereocenters. The maximum absolute atomic E-state index is 5.78. The van der Waals surface area contributed by atoms with Gasteiger partial charge in [-0.1, -0.05) is 24.0 Å². The molecule has 1 fully saturated rings. The Balaban J connectivity index is 2.37. The van der Waals surface area contributed by atoms with Crippen molar-refractivity contribution in [3.63, 3.8) is 0 Å². The third kappa shape index (κ3) is 5.68. The zero-order valence-corrected chi connectivity index (χ0v) is 12.1. The SMILES string of the molecule is C=C(C)CC#CC(C)(C)OCC1COC(C)(C)O1. The van der Waals surface area contributed by atoms with Gasteiger partial charge in [-0.3, -0.25) is 0 Å². The molecule has 102 valence electrons. The Bertz CT molecular complexity index is 358. The van der Waals surface area contributed by atoms with Gasteiger partial charge in [0.15, 0.2) is 5.79 Å². The predicted octanol–water partition coefficient (Wildman–Crippen LogP) is 2.90. The third-order valence-corrected chi connectivity index (χ3v) is 2.48. The van der Waals surface area contributed by atoms with Crippen molar-refractivity contribution in [3.05, 3.63) is 12.2 Å². The fourth-order valence-electron chi connectivity index (χ4n) is 1.59. The molecule has 1 rings (SSSR count). The van der Waals surface area contributed by atoms with E-state index < -0.39 is 11.4 Å². The molecule has 0 aromatic carbocycles. The van der Waals surface area contributed by atoms with Gasteiger partial charge in [-0.05, 0) is 34.6 Å². The lowest BCUT2D eigenvalue weighted by atomic mass is 10.1. The van der Waals surface area contributed by atoms with Crippen molar-refractivity contribution in [2.75, 3.05) is 13.2 Å². The molecule has 1 unspecified atom stereocenters. The largest absolute Gasteiger partial charge is 0.360 e. The van der Waals surface area contributed by atoms with Crippen molar-refractivity contribution >= 4 is 0 Å². The summed E-state index contributed by atoms with van der Waals surface area (Å²) in [5, 5.41) is 0. The van der Waals surface area contributed by atoms with Crippen LogP contribution in [0.4, 0.5) is 0 Å². The first kappa shape index (κ1) is 15.2. The van der Waals surface area contributed by atoms with E-state index in [0.717, 1.165) is 5.57 Å². The summed E-state index contributed by atoms with van der Waals surface area (Å²) >= 11 is 0. The summed E-state index contributed by atoms with van der Waals surface area (Å²) in [5.41, 5.74) is 0.596. The van der Waals surface area contributed by atoms with Crippen LogP contribution in [0.25, 0.3) is 0 Å². The first-order valence-electron chi connectivity index (χ1n) is 6.30. The number of hydrogen-bond donors (Lipinski definition) is 0. The molecule has 0 aromatic heterocycles. The molecule has 0 bridgehead atoms. The summed E-state index contributed by atoms with van der Waals surface area (Å²) < 4.78 is 16.9. The molecule has 1 aliphatic rings. The predicted molar refractivity (Wildman–Crippen MR) is 72.1 cm³/mol. The van der Waals surface area contributed by atoms with Crippen molar-refractivity contribution in [3.8, 4) is 11.8 Å². The second-order valence-corrected chi connectivity index (χ2v) is 5.71. The standard InChI is InChI=1S/C15H24O3/c1-12(2)8-7-9-14(3,4)16-10-13-11-17-15(5,6)18-13/h13H,1,8,10-11H2,2-6H3. The van der Waals surface area contributed by atoms with E-state index in [1.54, 1.807) is 0 Å². The quantitative estimate of drug-likeness (QED) is 0.569. The number of rotatable bonds is 4. The van der Waals surface area contributed by atoms with Gasteiger partial charge in [0.1, 0.15) is 11.7 Å². The van der Waals surface area contributed by atoms with Gasteiger partial charge in [-0.25, -0.2) is 0 Å². The Morgan fingerprint density at radius 1 is 1.50 bits per heavy atom. The van der Waals surface area contributed by atoms with Crippen molar-refractivity contribution < 1.29 is 14.2 Å². The number of allylic oxidation sites excluding steroid dienone is 1. The van der Waals surface area contributed by atoms with E-state index in [9.17, 15) is 0 Å². The average molecular weight is 252 g/mol. The molecule has 0 aliphatic carbocycles. The van der Waals surface area contributed by atoms with Gasteiger partial charge in [-0.15, -0.1) is 0 Å². The van der Waals surface area contributed by atoms with E-state index in [2.05, 4.69) is 18.4 Å². The summed E-state index contributed by atoms with van der Waals surface area (Å²) in [6.07, 6.45) is 0.699. The molecular formula is C15H24O3. The fourth-order valence-corrected chi connectivity index (χ4v) is 1.59. The summed E-state index contributed by atoms with van der Waals surface area (Å²) in [6, 6.07) is 0. The van der Waals surface area contributed by atoms with Gasteiger partial charge >= 0.3 is 0 Å². The molecular weight excluding hydrogens is 228 g/mol. The van der Waals surface area contributed by atoms with E-state index in [4.69, 9.17) is 14.2 Å². The van der Waals surface area contributed by atoms with Gasteiger partial charge in [-0.2, -0.15) is 0 Å². The minimum Gasteiger partial charge on any atom is -0.360 e. The first-order valence-corrected chi connectivity index (χ1v) is 6.30. The summed E-state index contributed by atoms with van der Waals surface area (Å²) in [6.45, 7) is 14.6. The molecule has 0 spiro atoms. The van der Waals surface area contributed by atoms with Crippen LogP contribution in [0.3, 0.4) is 0 Å². The minimum absolute atomic E-state index is 0.0118. The molecule has 3 nitrogen and oxygen atoms in total. The van der Waals surface area contributed by atoms with Crippen LogP contribution in [0.2, 0.25) is 0 Å². The van der Waals surface area contributed by atoms with Gasteiger partial charge < -0.3 is 14.2 Å². The second kappa shape index (κ2) is 5.88. The molecule has 18 heavy (non-hydrogen) atoms. The van der Waals surface area contributed by atoms with Crippen LogP contribution >= 0.6 is 0 Å². The van der Waals surface area contributed by atoms with E-state index >= 15 is 0 Å². The molecule has 3 heteroatoms. The van der Waals surface area contributed by atoms with Crippen LogP contribution in [-0.4, -0.2) is 30.7 Å². The normalized spacial score (nSPS) is 22.4. The molecule has 0 radical (unpaired) electrons. The highest BCUT2D eigenvalue weighted by atomic mass is 16.7. The van der Waals surface area contributed by atoms with E-state index in [1.165, 1.54) is 0 Å². The van der Waals surface area contributed by atoms with Crippen LogP contribution < -0.4 is 0 Å². The lowest BCUT2D eigenvalue weighted by Gasteiger charge is -2.22. The molecule has 0 N–H and O–H groups in total. The van der Waals surface area contributed by atoms with Crippen molar-refractivity contribution in [2.24, 2.45) is 0 Å². The highest BCUT2D eigenvalue weighted by Gasteiger charge is 2.33. The minimum atomic E-state index is -0.496. The molecule has 0 amide bonds. The van der Waals surface area contributed by atoms with E-state index in [-0.39, 0.29) is 6.10 Å². The number of ether oxygens (including phenoxy) is 3. The topological polar surface area (TPSA) is 27.7 Å². The van der Waals surface area contributed by atoms with E-state index in [0.29, 0.717) is 19.6 Å².